The summed E-state index contributed by atoms with van der Waals surface area (Å²) in [5.41, 5.74) is 20.2. The van der Waals surface area contributed by atoms with Crippen molar-refractivity contribution < 1.29 is 13.9 Å². The summed E-state index contributed by atoms with van der Waals surface area (Å²) in [7, 11) is 1.45. The molecule has 26 heavy (non-hydrogen) atoms. The molecule has 0 spiro atoms. The molecule has 1 amide bonds. The Kier molecular flexibility index (Phi) is 6.06. The summed E-state index contributed by atoms with van der Waals surface area (Å²) in [6.45, 7) is 2.43. The number of nitrogens with two attached hydrogens (primary N) is 3. The number of amides is 1. The fourth-order valence-corrected chi connectivity index (χ4v) is 2.52. The summed E-state index contributed by atoms with van der Waals surface area (Å²) >= 11 is 0. The van der Waals surface area contributed by atoms with Gasteiger partial charge in [0.1, 0.15) is 17.3 Å². The van der Waals surface area contributed by atoms with Crippen molar-refractivity contribution in [3.8, 4) is 16.9 Å². The molecule has 138 valence electrons. The first kappa shape index (κ1) is 19.1. The Morgan fingerprint density at radius 1 is 1.19 bits per heavy atom. The lowest BCUT2D eigenvalue weighted by molar-refractivity contribution is -0.117. The Morgan fingerprint density at radius 2 is 1.92 bits per heavy atom. The minimum Gasteiger partial charge on any atom is -0.496 e. The highest BCUT2D eigenvalue weighted by molar-refractivity contribution is 6.01. The van der Waals surface area contributed by atoms with Crippen LogP contribution in [0.15, 0.2) is 42.1 Å². The Labute approximate surface area is 151 Å². The molecule has 0 saturated heterocycles. The van der Waals surface area contributed by atoms with Gasteiger partial charge in [-0.2, -0.15) is 0 Å². The molecule has 0 fully saturated rings. The number of benzene rings is 2. The Morgan fingerprint density at radius 3 is 2.58 bits per heavy atom. The third-order valence-electron chi connectivity index (χ3n) is 3.92. The van der Waals surface area contributed by atoms with Crippen LogP contribution in [0.5, 0.6) is 5.75 Å². The van der Waals surface area contributed by atoms with Crippen molar-refractivity contribution in [2.45, 2.75) is 13.3 Å². The number of para-hydroxylation sites is 1. The van der Waals surface area contributed by atoms with Gasteiger partial charge < -0.3 is 27.3 Å². The summed E-state index contributed by atoms with van der Waals surface area (Å²) in [5.74, 6) is -0.532. The van der Waals surface area contributed by atoms with Crippen LogP contribution in [0.25, 0.3) is 16.8 Å². The van der Waals surface area contributed by atoms with Crippen molar-refractivity contribution in [1.82, 2.24) is 5.32 Å². The summed E-state index contributed by atoms with van der Waals surface area (Å²) in [4.78, 5) is 12.0. The molecule has 0 radical (unpaired) electrons. The van der Waals surface area contributed by atoms with Crippen LogP contribution >= 0.6 is 0 Å². The van der Waals surface area contributed by atoms with Crippen molar-refractivity contribution in [2.24, 2.45) is 11.5 Å². The van der Waals surface area contributed by atoms with Gasteiger partial charge in [-0.1, -0.05) is 25.1 Å². The van der Waals surface area contributed by atoms with E-state index in [0.29, 0.717) is 34.7 Å². The van der Waals surface area contributed by atoms with Crippen molar-refractivity contribution >= 4 is 17.3 Å². The molecule has 2 aromatic rings. The average Bonchev–Trinajstić information content (AvgIpc) is 2.65. The highest BCUT2D eigenvalue weighted by Gasteiger charge is 2.17. The monoisotopic (exact) mass is 358 g/mol. The zero-order valence-corrected chi connectivity index (χ0v) is 14.8. The molecule has 0 aliphatic heterocycles. The summed E-state index contributed by atoms with van der Waals surface area (Å²) < 4.78 is 18.7. The van der Waals surface area contributed by atoms with E-state index in [1.807, 2.05) is 6.92 Å². The first-order chi connectivity index (χ1) is 12.4. The number of rotatable bonds is 6. The van der Waals surface area contributed by atoms with Gasteiger partial charge in [0.2, 0.25) is 0 Å². The number of anilines is 1. The van der Waals surface area contributed by atoms with Crippen LogP contribution in [-0.4, -0.2) is 19.6 Å². The molecular weight excluding hydrogens is 335 g/mol. The van der Waals surface area contributed by atoms with E-state index in [0.717, 1.165) is 6.42 Å². The van der Waals surface area contributed by atoms with E-state index >= 15 is 0 Å². The van der Waals surface area contributed by atoms with E-state index in [1.165, 1.54) is 19.2 Å². The Balaban J connectivity index is 2.52. The van der Waals surface area contributed by atoms with Gasteiger partial charge in [-0.05, 0) is 18.6 Å². The number of halogens is 1. The molecule has 6 nitrogen and oxygen atoms in total. The van der Waals surface area contributed by atoms with Crippen LogP contribution < -0.4 is 27.3 Å². The predicted octanol–water partition coefficient (Wildman–Crippen LogP) is 2.20. The normalized spacial score (nSPS) is 11.7. The first-order valence-electron chi connectivity index (χ1n) is 8.16. The number of methoxy groups -OCH3 is 1. The predicted molar refractivity (Wildman–Crippen MR) is 101 cm³/mol. The molecule has 0 aromatic heterocycles. The van der Waals surface area contributed by atoms with Crippen LogP contribution in [0.2, 0.25) is 0 Å². The summed E-state index contributed by atoms with van der Waals surface area (Å²) in [6.07, 6.45) is 0.779. The molecule has 2 rings (SSSR count). The van der Waals surface area contributed by atoms with E-state index in [1.54, 1.807) is 24.3 Å². The van der Waals surface area contributed by atoms with Crippen molar-refractivity contribution in [3.63, 3.8) is 0 Å². The third kappa shape index (κ3) is 3.88. The quantitative estimate of drug-likeness (QED) is 0.467. The SMILES string of the molecule is CCCNC(=O)/C(N)=C(\N)c1cccc(-c2ccc(F)cc2OC)c1N. The van der Waals surface area contributed by atoms with E-state index in [9.17, 15) is 9.18 Å². The number of hydrogen-bond donors (Lipinski definition) is 4. The van der Waals surface area contributed by atoms with Crippen molar-refractivity contribution in [1.29, 1.82) is 0 Å². The molecule has 7 heteroatoms. The van der Waals surface area contributed by atoms with Crippen LogP contribution in [0.3, 0.4) is 0 Å². The van der Waals surface area contributed by atoms with Gasteiger partial charge in [-0.3, -0.25) is 4.79 Å². The van der Waals surface area contributed by atoms with Gasteiger partial charge in [0.15, 0.2) is 0 Å². The van der Waals surface area contributed by atoms with E-state index in [4.69, 9.17) is 21.9 Å². The van der Waals surface area contributed by atoms with E-state index in [2.05, 4.69) is 5.32 Å². The van der Waals surface area contributed by atoms with Gasteiger partial charge in [-0.15, -0.1) is 0 Å². The maximum atomic E-state index is 13.5. The second-order valence-corrected chi connectivity index (χ2v) is 5.69. The van der Waals surface area contributed by atoms with E-state index < -0.39 is 11.7 Å². The van der Waals surface area contributed by atoms with Crippen LogP contribution in [0.4, 0.5) is 10.1 Å². The van der Waals surface area contributed by atoms with Crippen LogP contribution in [-0.2, 0) is 4.79 Å². The number of nitrogens with one attached hydrogen (secondary N) is 1. The van der Waals surface area contributed by atoms with E-state index in [-0.39, 0.29) is 11.4 Å². The number of carbonyl (C=O) groups excluding carboxylic acids is 1. The number of ether oxygens (including phenoxy) is 1. The van der Waals surface area contributed by atoms with Gasteiger partial charge in [0, 0.05) is 35.0 Å². The molecule has 0 aliphatic rings. The number of hydrogen-bond acceptors (Lipinski definition) is 5. The zero-order valence-electron chi connectivity index (χ0n) is 14.8. The standard InChI is InChI=1S/C19H23FN4O2/c1-3-9-24-19(25)18(23)17(22)14-6-4-5-13(16(14)21)12-8-7-11(20)10-15(12)26-2/h4-8,10H,3,9,21-23H2,1-2H3,(H,24,25)/b18-17+. The highest BCUT2D eigenvalue weighted by atomic mass is 19.1. The zero-order chi connectivity index (χ0) is 19.3. The summed E-state index contributed by atoms with van der Waals surface area (Å²) in [6, 6.07) is 9.32. The van der Waals surface area contributed by atoms with Gasteiger partial charge in [-0.25, -0.2) is 4.39 Å². The van der Waals surface area contributed by atoms with Gasteiger partial charge >= 0.3 is 0 Å². The second kappa shape index (κ2) is 8.24. The maximum absolute atomic E-state index is 13.5. The molecule has 0 saturated carbocycles. The third-order valence-corrected chi connectivity index (χ3v) is 3.92. The fraction of sp³-hybridized carbons (Fsp3) is 0.211. The topological polar surface area (TPSA) is 116 Å². The molecular formula is C19H23FN4O2. The van der Waals surface area contributed by atoms with Gasteiger partial charge in [0.05, 0.1) is 12.8 Å². The lowest BCUT2D eigenvalue weighted by atomic mass is 9.97. The lowest BCUT2D eigenvalue weighted by Gasteiger charge is -2.15. The largest absolute Gasteiger partial charge is 0.496 e. The van der Waals surface area contributed by atoms with Crippen LogP contribution in [0.1, 0.15) is 18.9 Å². The smallest absolute Gasteiger partial charge is 0.269 e. The van der Waals surface area contributed by atoms with Gasteiger partial charge in [0.25, 0.3) is 5.91 Å². The molecule has 0 heterocycles. The van der Waals surface area contributed by atoms with Crippen molar-refractivity contribution in [2.75, 3.05) is 19.4 Å². The van der Waals surface area contributed by atoms with Crippen LogP contribution in [0, 0.1) is 5.82 Å². The molecule has 7 N–H and O–H groups in total. The molecule has 0 bridgehead atoms. The Hall–Kier alpha value is -3.22. The lowest BCUT2D eigenvalue weighted by Crippen LogP contribution is -2.31. The minimum atomic E-state index is -0.450. The molecule has 0 aliphatic carbocycles. The maximum Gasteiger partial charge on any atom is 0.269 e. The van der Waals surface area contributed by atoms with Crippen molar-refractivity contribution in [3.05, 3.63) is 53.5 Å². The second-order valence-electron chi connectivity index (χ2n) is 5.69. The number of carbonyl (C=O) groups is 1. The highest BCUT2D eigenvalue weighted by Crippen LogP contribution is 2.37. The molecule has 2 aromatic carbocycles. The summed E-state index contributed by atoms with van der Waals surface area (Å²) in [5, 5.41) is 2.67. The Bertz CT molecular complexity index is 849. The number of nitrogen functional groups attached to an aromatic ring is 1. The molecule has 0 unspecified atom stereocenters. The molecule has 0 atom stereocenters. The first-order valence-corrected chi connectivity index (χ1v) is 8.16. The fourth-order valence-electron chi connectivity index (χ4n) is 2.52. The average molecular weight is 358 g/mol. The minimum absolute atomic E-state index is 0.0824.